The molecule has 0 aliphatic carbocycles. The zero-order chi connectivity index (χ0) is 15.5. The number of carbonyl (C=O) groups excluding carboxylic acids is 1. The van der Waals surface area contributed by atoms with Gasteiger partial charge in [0.15, 0.2) is 11.6 Å². The Labute approximate surface area is 125 Å². The molecule has 0 bridgehead atoms. The average Bonchev–Trinajstić information content (AvgIpc) is 2.50. The number of methoxy groups -OCH3 is 1. The van der Waals surface area contributed by atoms with E-state index >= 15 is 0 Å². The summed E-state index contributed by atoms with van der Waals surface area (Å²) < 4.78 is 18.3. The summed E-state index contributed by atoms with van der Waals surface area (Å²) in [6.45, 7) is 5.79. The van der Waals surface area contributed by atoms with Gasteiger partial charge in [0.05, 0.1) is 7.11 Å². The van der Waals surface area contributed by atoms with Crippen molar-refractivity contribution >= 4 is 11.6 Å². The first-order valence-electron chi connectivity index (χ1n) is 7.31. The summed E-state index contributed by atoms with van der Waals surface area (Å²) in [6, 6.07) is 4.34. The standard InChI is InChI=1S/C16H23FN2O2/c1-16(2,11-5-4-8-18-10-11)15(20)19-12-6-7-13(17)14(9-12)21-3/h6-7,9,11,18H,4-5,8,10H2,1-3H3,(H,19,20). The van der Waals surface area contributed by atoms with Crippen LogP contribution in [0.25, 0.3) is 0 Å². The summed E-state index contributed by atoms with van der Waals surface area (Å²) in [5, 5.41) is 6.20. The number of amides is 1. The molecule has 1 saturated heterocycles. The lowest BCUT2D eigenvalue weighted by atomic mass is 9.74. The number of anilines is 1. The van der Waals surface area contributed by atoms with Gasteiger partial charge in [-0.2, -0.15) is 0 Å². The highest BCUT2D eigenvalue weighted by molar-refractivity contribution is 5.95. The van der Waals surface area contributed by atoms with Crippen molar-refractivity contribution in [3.05, 3.63) is 24.0 Å². The third kappa shape index (κ3) is 3.53. The van der Waals surface area contributed by atoms with Crippen LogP contribution in [0.3, 0.4) is 0 Å². The second-order valence-electron chi connectivity index (χ2n) is 6.07. The topological polar surface area (TPSA) is 50.4 Å². The zero-order valence-electron chi connectivity index (χ0n) is 12.8. The highest BCUT2D eigenvalue weighted by Crippen LogP contribution is 2.33. The van der Waals surface area contributed by atoms with E-state index in [1.165, 1.54) is 19.2 Å². The third-order valence-corrected chi connectivity index (χ3v) is 4.31. The van der Waals surface area contributed by atoms with E-state index in [1.807, 2.05) is 13.8 Å². The van der Waals surface area contributed by atoms with Crippen molar-refractivity contribution in [3.8, 4) is 5.75 Å². The van der Waals surface area contributed by atoms with Crippen LogP contribution in [-0.4, -0.2) is 26.1 Å². The Morgan fingerprint density at radius 3 is 2.86 bits per heavy atom. The molecule has 0 radical (unpaired) electrons. The molecule has 116 valence electrons. The lowest BCUT2D eigenvalue weighted by Gasteiger charge is -2.36. The van der Waals surface area contributed by atoms with Crippen molar-refractivity contribution in [2.75, 3.05) is 25.5 Å². The Morgan fingerprint density at radius 2 is 2.24 bits per heavy atom. The Morgan fingerprint density at radius 1 is 1.48 bits per heavy atom. The molecule has 1 aromatic carbocycles. The van der Waals surface area contributed by atoms with Gasteiger partial charge < -0.3 is 15.4 Å². The van der Waals surface area contributed by atoms with Gasteiger partial charge in [-0.05, 0) is 44.0 Å². The highest BCUT2D eigenvalue weighted by Gasteiger charge is 2.37. The second-order valence-corrected chi connectivity index (χ2v) is 6.07. The Balaban J connectivity index is 2.09. The predicted molar refractivity (Wildman–Crippen MR) is 81.0 cm³/mol. The minimum atomic E-state index is -0.477. The number of rotatable bonds is 4. The van der Waals surface area contributed by atoms with E-state index in [4.69, 9.17) is 4.74 Å². The first-order valence-corrected chi connectivity index (χ1v) is 7.31. The van der Waals surface area contributed by atoms with Gasteiger partial charge in [0.1, 0.15) is 0 Å². The molecule has 4 nitrogen and oxygen atoms in total. The summed E-state index contributed by atoms with van der Waals surface area (Å²) >= 11 is 0. The summed E-state index contributed by atoms with van der Waals surface area (Å²) in [6.07, 6.45) is 2.13. The molecule has 1 atom stereocenters. The Hall–Kier alpha value is -1.62. The molecule has 1 unspecified atom stereocenters. The maximum atomic E-state index is 13.4. The number of carbonyl (C=O) groups is 1. The maximum Gasteiger partial charge on any atom is 0.230 e. The minimum absolute atomic E-state index is 0.0511. The molecule has 2 rings (SSSR count). The molecule has 5 heteroatoms. The molecule has 0 aromatic heterocycles. The molecular formula is C16H23FN2O2. The van der Waals surface area contributed by atoms with Crippen LogP contribution in [0.15, 0.2) is 18.2 Å². The van der Waals surface area contributed by atoms with Crippen LogP contribution < -0.4 is 15.4 Å². The molecule has 1 amide bonds. The van der Waals surface area contributed by atoms with Crippen LogP contribution >= 0.6 is 0 Å². The first kappa shape index (κ1) is 15.8. The van der Waals surface area contributed by atoms with Gasteiger partial charge in [-0.3, -0.25) is 4.79 Å². The van der Waals surface area contributed by atoms with Crippen molar-refractivity contribution < 1.29 is 13.9 Å². The minimum Gasteiger partial charge on any atom is -0.494 e. The van der Waals surface area contributed by atoms with Crippen molar-refractivity contribution in [2.45, 2.75) is 26.7 Å². The van der Waals surface area contributed by atoms with Gasteiger partial charge in [0.25, 0.3) is 0 Å². The molecule has 1 aliphatic rings. The van der Waals surface area contributed by atoms with Crippen LogP contribution in [0.1, 0.15) is 26.7 Å². The van der Waals surface area contributed by atoms with E-state index < -0.39 is 11.2 Å². The van der Waals surface area contributed by atoms with Crippen molar-refractivity contribution in [3.63, 3.8) is 0 Å². The lowest BCUT2D eigenvalue weighted by molar-refractivity contribution is -0.127. The number of nitrogens with one attached hydrogen (secondary N) is 2. The van der Waals surface area contributed by atoms with E-state index in [9.17, 15) is 9.18 Å². The van der Waals surface area contributed by atoms with Gasteiger partial charge in [0.2, 0.25) is 5.91 Å². The van der Waals surface area contributed by atoms with E-state index in [0.29, 0.717) is 11.6 Å². The number of piperidine rings is 1. The van der Waals surface area contributed by atoms with Gasteiger partial charge >= 0.3 is 0 Å². The largest absolute Gasteiger partial charge is 0.494 e. The van der Waals surface area contributed by atoms with Crippen LogP contribution in [-0.2, 0) is 4.79 Å². The van der Waals surface area contributed by atoms with Gasteiger partial charge in [-0.15, -0.1) is 0 Å². The van der Waals surface area contributed by atoms with Gasteiger partial charge in [-0.25, -0.2) is 4.39 Å². The average molecular weight is 294 g/mol. The van der Waals surface area contributed by atoms with Gasteiger partial charge in [-0.1, -0.05) is 13.8 Å². The molecule has 0 saturated carbocycles. The predicted octanol–water partition coefficient (Wildman–Crippen LogP) is 2.80. The fourth-order valence-corrected chi connectivity index (χ4v) is 2.68. The molecule has 1 aromatic rings. The molecule has 1 heterocycles. The third-order valence-electron chi connectivity index (χ3n) is 4.31. The molecular weight excluding hydrogens is 271 g/mol. The highest BCUT2D eigenvalue weighted by atomic mass is 19.1. The number of benzene rings is 1. The van der Waals surface area contributed by atoms with Crippen molar-refractivity contribution in [1.29, 1.82) is 0 Å². The number of ether oxygens (including phenoxy) is 1. The molecule has 21 heavy (non-hydrogen) atoms. The van der Waals surface area contributed by atoms with Crippen LogP contribution in [0, 0.1) is 17.2 Å². The normalized spacial score (nSPS) is 19.1. The Kier molecular flexibility index (Phi) is 4.83. The second kappa shape index (κ2) is 6.43. The molecule has 1 fully saturated rings. The van der Waals surface area contributed by atoms with Crippen LogP contribution in [0.2, 0.25) is 0 Å². The number of hydrogen-bond donors (Lipinski definition) is 2. The fraction of sp³-hybridized carbons (Fsp3) is 0.562. The first-order chi connectivity index (χ1) is 9.95. The molecule has 1 aliphatic heterocycles. The summed E-state index contributed by atoms with van der Waals surface area (Å²) in [4.78, 5) is 12.5. The quantitative estimate of drug-likeness (QED) is 0.898. The van der Waals surface area contributed by atoms with E-state index in [1.54, 1.807) is 6.07 Å². The Bertz CT molecular complexity index is 511. The molecule has 0 spiro atoms. The van der Waals surface area contributed by atoms with Crippen LogP contribution in [0.4, 0.5) is 10.1 Å². The fourth-order valence-electron chi connectivity index (χ4n) is 2.68. The summed E-state index contributed by atoms with van der Waals surface area (Å²) in [5.41, 5.74) is 0.0739. The van der Waals surface area contributed by atoms with E-state index in [-0.39, 0.29) is 11.7 Å². The van der Waals surface area contributed by atoms with E-state index in [0.717, 1.165) is 25.9 Å². The summed E-state index contributed by atoms with van der Waals surface area (Å²) in [7, 11) is 1.40. The summed E-state index contributed by atoms with van der Waals surface area (Å²) in [5.74, 6) is -0.0605. The van der Waals surface area contributed by atoms with Crippen molar-refractivity contribution in [1.82, 2.24) is 5.32 Å². The van der Waals surface area contributed by atoms with E-state index in [2.05, 4.69) is 10.6 Å². The smallest absolute Gasteiger partial charge is 0.230 e. The van der Waals surface area contributed by atoms with Crippen LogP contribution in [0.5, 0.6) is 5.75 Å². The SMILES string of the molecule is COc1cc(NC(=O)C(C)(C)C2CCCNC2)ccc1F. The zero-order valence-corrected chi connectivity index (χ0v) is 12.8. The lowest BCUT2D eigenvalue weighted by Crippen LogP contribution is -2.44. The van der Waals surface area contributed by atoms with Crippen molar-refractivity contribution in [2.24, 2.45) is 11.3 Å². The maximum absolute atomic E-state index is 13.4. The number of hydrogen-bond acceptors (Lipinski definition) is 3. The number of halogens is 1. The molecule has 2 N–H and O–H groups in total. The monoisotopic (exact) mass is 294 g/mol. The van der Waals surface area contributed by atoms with Gasteiger partial charge in [0, 0.05) is 17.2 Å².